The van der Waals surface area contributed by atoms with Crippen molar-refractivity contribution in [2.75, 3.05) is 22.1 Å². The number of hydrogen-bond acceptors (Lipinski definition) is 5. The van der Waals surface area contributed by atoms with E-state index in [0.29, 0.717) is 21.1 Å². The number of nitrogens with one attached hydrogen (secondary N) is 2. The fourth-order valence-corrected chi connectivity index (χ4v) is 4.86. The molecule has 0 saturated carbocycles. The first-order chi connectivity index (χ1) is 15.9. The smallest absolute Gasteiger partial charge is 0.266 e. The number of amides is 3. The van der Waals surface area contributed by atoms with Crippen molar-refractivity contribution in [2.24, 2.45) is 5.92 Å². The zero-order chi connectivity index (χ0) is 23.5. The second-order valence-electron chi connectivity index (χ2n) is 7.93. The highest BCUT2D eigenvalue weighted by Gasteiger charge is 2.36. The van der Waals surface area contributed by atoms with Crippen molar-refractivity contribution >= 4 is 45.4 Å². The van der Waals surface area contributed by atoms with E-state index in [2.05, 4.69) is 16.7 Å². The third kappa shape index (κ3) is 4.64. The standard InChI is InChI=1S/C25H22N4O3S/c1-15-7-6-10-19(11-15)29-14-17(12-21(29)30)23(31)28-25-20(13-26)16(2)22(33-25)24(32)27-18-8-4-3-5-9-18/h3-11,17H,12,14H2,1-2H3,(H,27,32)(H,28,31). The highest BCUT2D eigenvalue weighted by atomic mass is 32.1. The molecule has 166 valence electrons. The maximum atomic E-state index is 13.0. The monoisotopic (exact) mass is 458 g/mol. The molecule has 0 spiro atoms. The molecule has 4 rings (SSSR count). The third-order valence-electron chi connectivity index (χ3n) is 5.54. The summed E-state index contributed by atoms with van der Waals surface area (Å²) in [6.07, 6.45) is 0.0906. The summed E-state index contributed by atoms with van der Waals surface area (Å²) in [6, 6.07) is 18.7. The van der Waals surface area contributed by atoms with Gasteiger partial charge in [0.1, 0.15) is 11.1 Å². The van der Waals surface area contributed by atoms with Crippen molar-refractivity contribution in [3.8, 4) is 6.07 Å². The zero-order valence-corrected chi connectivity index (χ0v) is 19.0. The zero-order valence-electron chi connectivity index (χ0n) is 18.2. The maximum Gasteiger partial charge on any atom is 0.266 e. The lowest BCUT2D eigenvalue weighted by Crippen LogP contribution is -2.28. The molecule has 0 radical (unpaired) electrons. The molecule has 0 bridgehead atoms. The van der Waals surface area contributed by atoms with Gasteiger partial charge in [-0.3, -0.25) is 14.4 Å². The molecular formula is C25H22N4O3S. The molecule has 3 aromatic rings. The molecule has 1 aromatic heterocycles. The fraction of sp³-hybridized carbons (Fsp3) is 0.200. The largest absolute Gasteiger partial charge is 0.321 e. The Morgan fingerprint density at radius 1 is 1.09 bits per heavy atom. The molecule has 33 heavy (non-hydrogen) atoms. The van der Waals surface area contributed by atoms with E-state index in [1.165, 1.54) is 0 Å². The minimum absolute atomic E-state index is 0.0906. The number of benzene rings is 2. The lowest BCUT2D eigenvalue weighted by atomic mass is 10.1. The van der Waals surface area contributed by atoms with Crippen molar-refractivity contribution in [3.05, 3.63) is 76.2 Å². The van der Waals surface area contributed by atoms with Gasteiger partial charge < -0.3 is 15.5 Å². The molecule has 1 saturated heterocycles. The van der Waals surface area contributed by atoms with Crippen LogP contribution in [-0.2, 0) is 9.59 Å². The summed E-state index contributed by atoms with van der Waals surface area (Å²) in [5.74, 6) is -1.35. The fourth-order valence-electron chi connectivity index (χ4n) is 3.80. The average Bonchev–Trinajstić information content (AvgIpc) is 3.34. The van der Waals surface area contributed by atoms with Crippen molar-refractivity contribution in [2.45, 2.75) is 20.3 Å². The van der Waals surface area contributed by atoms with Gasteiger partial charge in [0, 0.05) is 24.3 Å². The van der Waals surface area contributed by atoms with E-state index in [4.69, 9.17) is 0 Å². The topological polar surface area (TPSA) is 102 Å². The van der Waals surface area contributed by atoms with E-state index in [1.807, 2.05) is 49.4 Å². The van der Waals surface area contributed by atoms with Crippen molar-refractivity contribution < 1.29 is 14.4 Å². The molecule has 1 aliphatic heterocycles. The summed E-state index contributed by atoms with van der Waals surface area (Å²) in [5, 5.41) is 15.5. The third-order valence-corrected chi connectivity index (χ3v) is 6.75. The van der Waals surface area contributed by atoms with E-state index in [9.17, 15) is 19.6 Å². The number of nitrogens with zero attached hydrogens (tertiary/aromatic N) is 2. The van der Waals surface area contributed by atoms with Crippen LogP contribution in [0.4, 0.5) is 16.4 Å². The summed E-state index contributed by atoms with van der Waals surface area (Å²) in [5.41, 5.74) is 3.20. The molecule has 8 heteroatoms. The summed E-state index contributed by atoms with van der Waals surface area (Å²) >= 11 is 1.06. The maximum absolute atomic E-state index is 13.0. The summed E-state index contributed by atoms with van der Waals surface area (Å²) in [6.45, 7) is 3.90. The van der Waals surface area contributed by atoms with Crippen molar-refractivity contribution in [3.63, 3.8) is 0 Å². The molecule has 1 unspecified atom stereocenters. The van der Waals surface area contributed by atoms with E-state index >= 15 is 0 Å². The quantitative estimate of drug-likeness (QED) is 0.588. The van der Waals surface area contributed by atoms with E-state index < -0.39 is 5.92 Å². The van der Waals surface area contributed by atoms with E-state index in [1.54, 1.807) is 24.0 Å². The Morgan fingerprint density at radius 3 is 2.55 bits per heavy atom. The molecule has 7 nitrogen and oxygen atoms in total. The SMILES string of the molecule is Cc1cccc(N2CC(C(=O)Nc3sc(C(=O)Nc4ccccc4)c(C)c3C#N)CC2=O)c1. The van der Waals surface area contributed by atoms with Gasteiger partial charge in [-0.1, -0.05) is 30.3 Å². The molecule has 2 aromatic carbocycles. The van der Waals surface area contributed by atoms with Gasteiger partial charge in [-0.15, -0.1) is 11.3 Å². The Morgan fingerprint density at radius 2 is 1.85 bits per heavy atom. The molecule has 1 fully saturated rings. The Balaban J connectivity index is 1.50. The van der Waals surface area contributed by atoms with Crippen LogP contribution in [0, 0.1) is 31.1 Å². The Hall–Kier alpha value is -3.96. The summed E-state index contributed by atoms with van der Waals surface area (Å²) in [4.78, 5) is 40.2. The first-order valence-corrected chi connectivity index (χ1v) is 11.3. The van der Waals surface area contributed by atoms with Crippen LogP contribution in [0.15, 0.2) is 54.6 Å². The van der Waals surface area contributed by atoms with E-state index in [-0.39, 0.29) is 36.3 Å². The van der Waals surface area contributed by atoms with Crippen molar-refractivity contribution in [1.82, 2.24) is 0 Å². The lowest BCUT2D eigenvalue weighted by Gasteiger charge is -2.17. The molecule has 1 atom stereocenters. The lowest BCUT2D eigenvalue weighted by molar-refractivity contribution is -0.122. The van der Waals surface area contributed by atoms with Gasteiger partial charge in [0.25, 0.3) is 5.91 Å². The second-order valence-corrected chi connectivity index (χ2v) is 8.95. The van der Waals surface area contributed by atoms with Gasteiger partial charge in [0.15, 0.2) is 0 Å². The van der Waals surface area contributed by atoms with Crippen LogP contribution in [-0.4, -0.2) is 24.3 Å². The minimum atomic E-state index is -0.548. The van der Waals surface area contributed by atoms with Gasteiger partial charge in [-0.25, -0.2) is 0 Å². The highest BCUT2D eigenvalue weighted by molar-refractivity contribution is 7.18. The molecular weight excluding hydrogens is 436 g/mol. The average molecular weight is 459 g/mol. The summed E-state index contributed by atoms with van der Waals surface area (Å²) < 4.78 is 0. The van der Waals surface area contributed by atoms with Crippen LogP contribution in [0.2, 0.25) is 0 Å². The van der Waals surface area contributed by atoms with Gasteiger partial charge >= 0.3 is 0 Å². The predicted octanol–water partition coefficient (Wildman–Crippen LogP) is 4.48. The van der Waals surface area contributed by atoms with E-state index in [0.717, 1.165) is 22.6 Å². The molecule has 2 N–H and O–H groups in total. The molecule has 1 aliphatic rings. The molecule has 3 amide bonds. The Labute approximate surface area is 195 Å². The van der Waals surface area contributed by atoms with Crippen LogP contribution in [0.1, 0.15) is 32.8 Å². The van der Waals surface area contributed by atoms with Crippen LogP contribution in [0.3, 0.4) is 0 Å². The highest BCUT2D eigenvalue weighted by Crippen LogP contribution is 2.34. The molecule has 2 heterocycles. The Kier molecular flexibility index (Phi) is 6.24. The number of thiophene rings is 1. The first kappa shape index (κ1) is 22.2. The van der Waals surface area contributed by atoms with Gasteiger partial charge in [0.2, 0.25) is 11.8 Å². The van der Waals surface area contributed by atoms with Crippen LogP contribution in [0.25, 0.3) is 0 Å². The number of para-hydroxylation sites is 1. The number of carbonyl (C=O) groups excluding carboxylic acids is 3. The first-order valence-electron chi connectivity index (χ1n) is 10.4. The van der Waals surface area contributed by atoms with Crippen LogP contribution < -0.4 is 15.5 Å². The predicted molar refractivity (Wildman–Crippen MR) is 128 cm³/mol. The van der Waals surface area contributed by atoms with Gasteiger partial charge in [-0.2, -0.15) is 5.26 Å². The number of anilines is 3. The van der Waals surface area contributed by atoms with Crippen LogP contribution in [0.5, 0.6) is 0 Å². The number of hydrogen-bond donors (Lipinski definition) is 2. The Bertz CT molecular complexity index is 1280. The number of carbonyl (C=O) groups is 3. The molecule has 0 aliphatic carbocycles. The second kappa shape index (κ2) is 9.27. The number of aryl methyl sites for hydroxylation is 1. The van der Waals surface area contributed by atoms with Gasteiger partial charge in [-0.05, 0) is 49.2 Å². The normalized spacial score (nSPS) is 15.2. The van der Waals surface area contributed by atoms with Crippen molar-refractivity contribution in [1.29, 1.82) is 5.26 Å². The van der Waals surface area contributed by atoms with Crippen LogP contribution >= 0.6 is 11.3 Å². The van der Waals surface area contributed by atoms with Gasteiger partial charge in [0.05, 0.1) is 16.4 Å². The summed E-state index contributed by atoms with van der Waals surface area (Å²) in [7, 11) is 0. The number of rotatable bonds is 5. The number of nitriles is 1. The minimum Gasteiger partial charge on any atom is -0.321 e.